The van der Waals surface area contributed by atoms with Gasteiger partial charge in [0.05, 0.1) is 12.1 Å². The van der Waals surface area contributed by atoms with E-state index in [0.717, 1.165) is 0 Å². The molecule has 0 saturated heterocycles. The zero-order chi connectivity index (χ0) is 12.3. The van der Waals surface area contributed by atoms with Crippen LogP contribution in [-0.2, 0) is 16.0 Å². The number of ketones is 1. The van der Waals surface area contributed by atoms with E-state index in [4.69, 9.17) is 0 Å². The standard InChI is InChI=1S/C11H16N2O2S/c1-7(14)12-10-13-8(6-16-10)5-9(15)11(2,3)4/h6H,5H2,1-4H3,(H,12,13,14). The molecule has 0 atom stereocenters. The van der Waals surface area contributed by atoms with Crippen molar-refractivity contribution in [1.82, 2.24) is 4.98 Å². The third-order valence-electron chi connectivity index (χ3n) is 2.01. The van der Waals surface area contributed by atoms with E-state index in [1.165, 1.54) is 18.3 Å². The molecular weight excluding hydrogens is 224 g/mol. The largest absolute Gasteiger partial charge is 0.302 e. The van der Waals surface area contributed by atoms with Gasteiger partial charge in [-0.3, -0.25) is 9.59 Å². The lowest BCUT2D eigenvalue weighted by molar-refractivity contribution is -0.125. The summed E-state index contributed by atoms with van der Waals surface area (Å²) in [5.41, 5.74) is 0.367. The van der Waals surface area contributed by atoms with Gasteiger partial charge in [0, 0.05) is 17.7 Å². The monoisotopic (exact) mass is 240 g/mol. The van der Waals surface area contributed by atoms with Crippen LogP contribution in [-0.4, -0.2) is 16.7 Å². The molecule has 0 aliphatic heterocycles. The van der Waals surface area contributed by atoms with Crippen molar-refractivity contribution in [1.29, 1.82) is 0 Å². The van der Waals surface area contributed by atoms with Crippen molar-refractivity contribution >= 4 is 28.2 Å². The fourth-order valence-corrected chi connectivity index (χ4v) is 1.78. The summed E-state index contributed by atoms with van der Waals surface area (Å²) in [7, 11) is 0. The molecule has 1 amide bonds. The molecule has 0 spiro atoms. The number of aromatic nitrogens is 1. The van der Waals surface area contributed by atoms with Crippen molar-refractivity contribution in [2.24, 2.45) is 5.41 Å². The quantitative estimate of drug-likeness (QED) is 0.881. The second-order valence-corrected chi connectivity index (χ2v) is 5.53. The molecule has 0 aliphatic rings. The van der Waals surface area contributed by atoms with E-state index >= 15 is 0 Å². The smallest absolute Gasteiger partial charge is 0.223 e. The number of amides is 1. The Balaban J connectivity index is 2.66. The molecule has 5 heteroatoms. The van der Waals surface area contributed by atoms with Gasteiger partial charge in [-0.1, -0.05) is 20.8 Å². The lowest BCUT2D eigenvalue weighted by atomic mass is 9.88. The molecule has 0 bridgehead atoms. The molecular formula is C11H16N2O2S. The minimum Gasteiger partial charge on any atom is -0.302 e. The molecule has 0 saturated carbocycles. The molecule has 0 aliphatic carbocycles. The Labute approximate surface area is 99.1 Å². The predicted octanol–water partition coefficient (Wildman–Crippen LogP) is 2.26. The van der Waals surface area contributed by atoms with Gasteiger partial charge in [0.25, 0.3) is 0 Å². The third kappa shape index (κ3) is 3.73. The molecule has 4 nitrogen and oxygen atoms in total. The first-order chi connectivity index (χ1) is 7.29. The summed E-state index contributed by atoms with van der Waals surface area (Å²) in [4.78, 5) is 26.7. The summed E-state index contributed by atoms with van der Waals surface area (Å²) in [5.74, 6) is -0.00442. The minimum absolute atomic E-state index is 0.146. The summed E-state index contributed by atoms with van der Waals surface area (Å²) >= 11 is 1.34. The van der Waals surface area contributed by atoms with Gasteiger partial charge in [-0.15, -0.1) is 11.3 Å². The van der Waals surface area contributed by atoms with Crippen molar-refractivity contribution in [3.63, 3.8) is 0 Å². The molecule has 1 rings (SSSR count). The molecule has 0 unspecified atom stereocenters. The second-order valence-electron chi connectivity index (χ2n) is 4.68. The van der Waals surface area contributed by atoms with E-state index in [9.17, 15) is 9.59 Å². The van der Waals surface area contributed by atoms with Crippen molar-refractivity contribution in [2.45, 2.75) is 34.1 Å². The van der Waals surface area contributed by atoms with Crippen LogP contribution in [0.1, 0.15) is 33.4 Å². The van der Waals surface area contributed by atoms with Crippen LogP contribution in [0.4, 0.5) is 5.13 Å². The highest BCUT2D eigenvalue weighted by molar-refractivity contribution is 7.13. The van der Waals surface area contributed by atoms with Crippen LogP contribution in [0, 0.1) is 5.41 Å². The zero-order valence-electron chi connectivity index (χ0n) is 9.96. The van der Waals surface area contributed by atoms with E-state index in [1.807, 2.05) is 20.8 Å². The van der Waals surface area contributed by atoms with E-state index in [-0.39, 0.29) is 17.1 Å². The maximum absolute atomic E-state index is 11.7. The van der Waals surface area contributed by atoms with Gasteiger partial charge >= 0.3 is 0 Å². The average molecular weight is 240 g/mol. The van der Waals surface area contributed by atoms with Crippen LogP contribution >= 0.6 is 11.3 Å². The topological polar surface area (TPSA) is 59.1 Å². The Morgan fingerprint density at radius 3 is 2.56 bits per heavy atom. The number of carbonyl (C=O) groups excluding carboxylic acids is 2. The first kappa shape index (κ1) is 12.8. The van der Waals surface area contributed by atoms with Gasteiger partial charge in [0.15, 0.2) is 5.13 Å². The molecule has 16 heavy (non-hydrogen) atoms. The Hall–Kier alpha value is -1.23. The number of carbonyl (C=O) groups is 2. The van der Waals surface area contributed by atoms with Crippen molar-refractivity contribution in [3.8, 4) is 0 Å². The Kier molecular flexibility index (Phi) is 3.80. The number of thiazole rings is 1. The third-order valence-corrected chi connectivity index (χ3v) is 2.82. The first-order valence-corrected chi connectivity index (χ1v) is 5.92. The van der Waals surface area contributed by atoms with Crippen LogP contribution < -0.4 is 5.32 Å². The number of nitrogens with zero attached hydrogens (tertiary/aromatic N) is 1. The van der Waals surface area contributed by atoms with Crippen LogP contribution in [0.25, 0.3) is 0 Å². The molecule has 0 aromatic carbocycles. The summed E-state index contributed by atoms with van der Waals surface area (Å²) in [6.07, 6.45) is 0.319. The van der Waals surface area contributed by atoms with Crippen LogP contribution in [0.3, 0.4) is 0 Å². The molecule has 1 aromatic heterocycles. The molecule has 1 aromatic rings. The highest BCUT2D eigenvalue weighted by atomic mass is 32.1. The fourth-order valence-electron chi connectivity index (χ4n) is 1.03. The predicted molar refractivity (Wildman–Crippen MR) is 64.6 cm³/mol. The first-order valence-electron chi connectivity index (χ1n) is 5.04. The van der Waals surface area contributed by atoms with Crippen LogP contribution in [0.2, 0.25) is 0 Å². The maximum Gasteiger partial charge on any atom is 0.223 e. The fraction of sp³-hybridized carbons (Fsp3) is 0.545. The lowest BCUT2D eigenvalue weighted by Crippen LogP contribution is -2.22. The Bertz CT molecular complexity index is 404. The van der Waals surface area contributed by atoms with Gasteiger partial charge in [0.2, 0.25) is 5.91 Å². The van der Waals surface area contributed by atoms with Gasteiger partial charge in [0.1, 0.15) is 5.78 Å². The summed E-state index contributed by atoms with van der Waals surface area (Å²) in [6, 6.07) is 0. The van der Waals surface area contributed by atoms with Gasteiger partial charge in [-0.25, -0.2) is 4.98 Å². The van der Waals surface area contributed by atoms with Crippen LogP contribution in [0.5, 0.6) is 0 Å². The molecule has 0 fully saturated rings. The number of nitrogens with one attached hydrogen (secondary N) is 1. The highest BCUT2D eigenvalue weighted by Crippen LogP contribution is 2.20. The normalized spacial score (nSPS) is 11.2. The number of rotatable bonds is 3. The summed E-state index contributed by atoms with van der Waals surface area (Å²) in [5, 5.41) is 4.94. The number of Topliss-reactive ketones (excluding diaryl/α,β-unsaturated/α-hetero) is 1. The Morgan fingerprint density at radius 1 is 1.44 bits per heavy atom. The number of anilines is 1. The van der Waals surface area contributed by atoms with Crippen molar-refractivity contribution in [3.05, 3.63) is 11.1 Å². The highest BCUT2D eigenvalue weighted by Gasteiger charge is 2.22. The average Bonchev–Trinajstić information content (AvgIpc) is 2.49. The van der Waals surface area contributed by atoms with E-state index in [1.54, 1.807) is 5.38 Å². The summed E-state index contributed by atoms with van der Waals surface area (Å²) < 4.78 is 0. The molecule has 88 valence electrons. The van der Waals surface area contributed by atoms with Crippen molar-refractivity contribution < 1.29 is 9.59 Å². The van der Waals surface area contributed by atoms with Gasteiger partial charge in [-0.05, 0) is 0 Å². The van der Waals surface area contributed by atoms with E-state index in [0.29, 0.717) is 17.2 Å². The second kappa shape index (κ2) is 4.74. The van der Waals surface area contributed by atoms with E-state index < -0.39 is 0 Å². The van der Waals surface area contributed by atoms with Gasteiger partial charge in [-0.2, -0.15) is 0 Å². The molecule has 1 heterocycles. The minimum atomic E-state index is -0.349. The number of hydrogen-bond donors (Lipinski definition) is 1. The molecule has 1 N–H and O–H groups in total. The SMILES string of the molecule is CC(=O)Nc1nc(CC(=O)C(C)(C)C)cs1. The summed E-state index contributed by atoms with van der Waals surface area (Å²) in [6.45, 7) is 7.09. The van der Waals surface area contributed by atoms with Crippen molar-refractivity contribution in [2.75, 3.05) is 5.32 Å². The zero-order valence-corrected chi connectivity index (χ0v) is 10.8. The molecule has 0 radical (unpaired) electrons. The van der Waals surface area contributed by atoms with Crippen LogP contribution in [0.15, 0.2) is 5.38 Å². The lowest BCUT2D eigenvalue weighted by Gasteiger charge is -2.15. The maximum atomic E-state index is 11.7. The number of hydrogen-bond acceptors (Lipinski definition) is 4. The van der Waals surface area contributed by atoms with Gasteiger partial charge < -0.3 is 5.32 Å². The Morgan fingerprint density at radius 2 is 2.06 bits per heavy atom. The van der Waals surface area contributed by atoms with E-state index in [2.05, 4.69) is 10.3 Å².